The molecule has 0 fully saturated rings. The average molecular weight is 446 g/mol. The maximum absolute atomic E-state index is 11.7. The van der Waals surface area contributed by atoms with Gasteiger partial charge in [-0.25, -0.2) is 9.73 Å². The van der Waals surface area contributed by atoms with Crippen molar-refractivity contribution in [1.29, 1.82) is 0 Å². The van der Waals surface area contributed by atoms with Crippen LogP contribution in [0.1, 0.15) is 50.7 Å². The third-order valence-corrected chi connectivity index (χ3v) is 10.5. The molecule has 0 aliphatic heterocycles. The molecule has 0 saturated carbocycles. The van der Waals surface area contributed by atoms with E-state index < -0.39 is 7.36 Å². The number of nitrogens with zero attached hydrogens (tertiary/aromatic N) is 5. The van der Waals surface area contributed by atoms with E-state index in [2.05, 4.69) is 59.9 Å². The van der Waals surface area contributed by atoms with Crippen molar-refractivity contribution >= 4 is 40.6 Å². The monoisotopic (exact) mass is 445 g/mol. The minimum absolute atomic E-state index is 0.0710. The molecular weight excluding hydrogens is 413 g/mol. The molecule has 0 N–H and O–H groups in total. The zero-order chi connectivity index (χ0) is 21.9. The Hall–Kier alpha value is -1.79. The highest BCUT2D eigenvalue weighted by Gasteiger charge is 2.38. The molecule has 0 spiro atoms. The Morgan fingerprint density at radius 3 is 2.13 bits per heavy atom. The topological polar surface area (TPSA) is 53.2 Å². The number of aromatic nitrogens is 2. The predicted octanol–water partition coefficient (Wildman–Crippen LogP) is 5.58. The molecule has 162 valence electrons. The maximum atomic E-state index is 11.7. The van der Waals surface area contributed by atoms with Gasteiger partial charge in [0.1, 0.15) is 5.44 Å². The molecular formula is C22H32N5OPS. The van der Waals surface area contributed by atoms with Gasteiger partial charge in [0.2, 0.25) is 0 Å². The van der Waals surface area contributed by atoms with E-state index in [0.29, 0.717) is 5.56 Å². The van der Waals surface area contributed by atoms with E-state index in [9.17, 15) is 4.79 Å². The summed E-state index contributed by atoms with van der Waals surface area (Å²) in [5.41, 5.74) is 3.85. The number of aryl methyl sites for hydroxylation is 1. The van der Waals surface area contributed by atoms with Gasteiger partial charge in [-0.2, -0.15) is 0 Å². The van der Waals surface area contributed by atoms with Crippen LogP contribution in [-0.2, 0) is 0 Å². The number of benzene rings is 1. The molecule has 3 rings (SSSR count). The summed E-state index contributed by atoms with van der Waals surface area (Å²) < 4.78 is 12.8. The van der Waals surface area contributed by atoms with Crippen LogP contribution in [0, 0.1) is 6.92 Å². The van der Waals surface area contributed by atoms with Crippen LogP contribution in [0.2, 0.25) is 0 Å². The fraction of sp³-hybridized carbons (Fsp3) is 0.455. The number of imidazole rings is 1. The minimum Gasteiger partial charge on any atom is -0.295 e. The van der Waals surface area contributed by atoms with E-state index in [1.165, 1.54) is 5.44 Å². The molecule has 0 aliphatic rings. The van der Waals surface area contributed by atoms with Crippen LogP contribution < -0.4 is 5.44 Å². The summed E-state index contributed by atoms with van der Waals surface area (Å²) in [5.74, 6) is 0.0710. The van der Waals surface area contributed by atoms with Crippen LogP contribution in [0.3, 0.4) is 0 Å². The SMILES string of the molecule is CCN(CC)P(=Nc1ccc(C(C)=O)cc1)(c1c(C)nc2sccn12)N(CC)CC. The molecule has 8 heteroatoms. The van der Waals surface area contributed by atoms with Crippen LogP contribution >= 0.6 is 18.7 Å². The van der Waals surface area contributed by atoms with Crippen molar-refractivity contribution in [3.63, 3.8) is 0 Å². The molecule has 0 unspecified atom stereocenters. The number of hydrogen-bond donors (Lipinski definition) is 0. The van der Waals surface area contributed by atoms with Crippen LogP contribution in [0.25, 0.3) is 4.96 Å². The van der Waals surface area contributed by atoms with Crippen LogP contribution in [-0.4, -0.2) is 50.7 Å². The lowest BCUT2D eigenvalue weighted by atomic mass is 10.1. The Labute approximate surface area is 183 Å². The van der Waals surface area contributed by atoms with Gasteiger partial charge in [0.25, 0.3) is 0 Å². The molecule has 6 nitrogen and oxygen atoms in total. The Bertz CT molecular complexity index is 1050. The highest BCUT2D eigenvalue weighted by atomic mass is 32.1. The van der Waals surface area contributed by atoms with Gasteiger partial charge in [0, 0.05) is 43.3 Å². The highest BCUT2D eigenvalue weighted by Crippen LogP contribution is 2.57. The smallest absolute Gasteiger partial charge is 0.194 e. The Balaban J connectivity index is 2.40. The standard InChI is InChI=1S/C22H32N5OPS/c1-7-25(8-2)29(26(9-3)10-4,21-17(5)23-22-27(21)15-16-30-22)24-20-13-11-19(12-14-20)18(6)28/h11-16H,7-10H2,1-6H3. The summed E-state index contributed by atoms with van der Waals surface area (Å²) in [4.78, 5) is 17.6. The van der Waals surface area contributed by atoms with Gasteiger partial charge in [-0.1, -0.05) is 27.7 Å². The molecule has 1 aromatic carbocycles. The molecule has 30 heavy (non-hydrogen) atoms. The lowest BCUT2D eigenvalue weighted by Crippen LogP contribution is -2.39. The quantitative estimate of drug-likeness (QED) is 0.319. The number of fused-ring (bicyclic) bond motifs is 1. The molecule has 0 radical (unpaired) electrons. The summed E-state index contributed by atoms with van der Waals surface area (Å²) in [6, 6.07) is 7.70. The normalized spacial score (nSPS) is 12.3. The van der Waals surface area contributed by atoms with Gasteiger partial charge >= 0.3 is 0 Å². The second-order valence-electron chi connectivity index (χ2n) is 7.13. The van der Waals surface area contributed by atoms with E-state index in [1.807, 2.05) is 24.3 Å². The van der Waals surface area contributed by atoms with Crippen LogP contribution in [0.5, 0.6) is 0 Å². The molecule has 0 amide bonds. The third-order valence-electron chi connectivity index (χ3n) is 5.47. The Morgan fingerprint density at radius 2 is 1.63 bits per heavy atom. The van der Waals surface area contributed by atoms with Crippen molar-refractivity contribution in [1.82, 2.24) is 18.7 Å². The van der Waals surface area contributed by atoms with Crippen LogP contribution in [0.4, 0.5) is 5.69 Å². The molecule has 3 aromatic rings. The van der Waals surface area contributed by atoms with Gasteiger partial charge in [-0.05, 0) is 38.1 Å². The first kappa shape index (κ1) is 22.9. The zero-order valence-electron chi connectivity index (χ0n) is 18.8. The van der Waals surface area contributed by atoms with Gasteiger partial charge in [-0.3, -0.25) is 18.5 Å². The zero-order valence-corrected chi connectivity index (χ0v) is 20.5. The van der Waals surface area contributed by atoms with Gasteiger partial charge in [-0.15, -0.1) is 11.3 Å². The molecule has 0 aliphatic carbocycles. The summed E-state index contributed by atoms with van der Waals surface area (Å²) in [6.45, 7) is 16.1. The maximum Gasteiger partial charge on any atom is 0.194 e. The number of thiazole rings is 1. The fourth-order valence-corrected chi connectivity index (χ4v) is 9.06. The lowest BCUT2D eigenvalue weighted by molar-refractivity contribution is 0.101. The predicted molar refractivity (Wildman–Crippen MR) is 129 cm³/mol. The first-order chi connectivity index (χ1) is 14.4. The number of hydrogen-bond acceptors (Lipinski definition) is 4. The van der Waals surface area contributed by atoms with Crippen molar-refractivity contribution in [3.05, 3.63) is 47.1 Å². The van der Waals surface area contributed by atoms with Crippen molar-refractivity contribution in [2.45, 2.75) is 41.5 Å². The molecule has 0 atom stereocenters. The summed E-state index contributed by atoms with van der Waals surface area (Å²) in [7, 11) is -2.32. The summed E-state index contributed by atoms with van der Waals surface area (Å²) >= 11 is 1.66. The van der Waals surface area contributed by atoms with Crippen molar-refractivity contribution in [3.8, 4) is 0 Å². The van der Waals surface area contributed by atoms with Crippen molar-refractivity contribution < 1.29 is 4.79 Å². The van der Waals surface area contributed by atoms with E-state index in [-0.39, 0.29) is 5.78 Å². The average Bonchev–Trinajstić information content (AvgIpc) is 3.29. The molecule has 0 saturated heterocycles. The molecule has 2 aromatic heterocycles. The van der Waals surface area contributed by atoms with Crippen LogP contribution in [0.15, 0.2) is 40.6 Å². The third kappa shape index (κ3) is 3.92. The number of carbonyl (C=O) groups excluding carboxylic acids is 1. The highest BCUT2D eigenvalue weighted by molar-refractivity contribution is 7.69. The number of Topliss-reactive ketones (excluding diaryl/α,β-unsaturated/α-hetero) is 1. The minimum atomic E-state index is -2.32. The Kier molecular flexibility index (Phi) is 7.30. The van der Waals surface area contributed by atoms with Gasteiger partial charge in [0.05, 0.1) is 11.4 Å². The van der Waals surface area contributed by atoms with E-state index in [0.717, 1.165) is 42.5 Å². The first-order valence-electron chi connectivity index (χ1n) is 10.6. The first-order valence-corrected chi connectivity index (χ1v) is 13.1. The van der Waals surface area contributed by atoms with Crippen molar-refractivity contribution in [2.75, 3.05) is 26.2 Å². The van der Waals surface area contributed by atoms with Gasteiger partial charge < -0.3 is 0 Å². The lowest BCUT2D eigenvalue weighted by Gasteiger charge is -2.42. The Morgan fingerprint density at radius 1 is 1.07 bits per heavy atom. The summed E-state index contributed by atoms with van der Waals surface area (Å²) in [5, 5.41) is 2.09. The second kappa shape index (κ2) is 9.56. The number of ketones is 1. The number of carbonyl (C=O) groups is 1. The molecule has 2 heterocycles. The largest absolute Gasteiger partial charge is 0.295 e. The number of rotatable bonds is 9. The van der Waals surface area contributed by atoms with E-state index in [4.69, 9.17) is 9.73 Å². The second-order valence-corrected chi connectivity index (χ2v) is 10.9. The van der Waals surface area contributed by atoms with E-state index >= 15 is 0 Å². The van der Waals surface area contributed by atoms with Gasteiger partial charge in [0.15, 0.2) is 18.1 Å². The summed E-state index contributed by atoms with van der Waals surface area (Å²) in [6.07, 6.45) is 2.12. The molecule has 0 bridgehead atoms. The van der Waals surface area contributed by atoms with E-state index in [1.54, 1.807) is 18.3 Å². The van der Waals surface area contributed by atoms with Crippen molar-refractivity contribution in [2.24, 2.45) is 4.74 Å². The fourth-order valence-electron chi connectivity index (χ4n) is 4.02.